The first-order valence-electron chi connectivity index (χ1n) is 10.3. The van der Waals surface area contributed by atoms with Gasteiger partial charge in [0, 0.05) is 19.5 Å². The largest absolute Gasteiger partial charge is 0.481 e. The van der Waals surface area contributed by atoms with Crippen LogP contribution in [0.2, 0.25) is 0 Å². The zero-order chi connectivity index (χ0) is 20.8. The van der Waals surface area contributed by atoms with Crippen LogP contribution in [0.4, 0.5) is 0 Å². The summed E-state index contributed by atoms with van der Waals surface area (Å²) in [5, 5.41) is 14.6. The van der Waals surface area contributed by atoms with Gasteiger partial charge in [-0.15, -0.1) is 0 Å². The molecule has 154 valence electrons. The van der Waals surface area contributed by atoms with Gasteiger partial charge in [0.25, 0.3) is 0 Å². The van der Waals surface area contributed by atoms with E-state index in [0.29, 0.717) is 25.8 Å². The molecule has 0 spiro atoms. The minimum Gasteiger partial charge on any atom is -0.481 e. The van der Waals surface area contributed by atoms with Crippen molar-refractivity contribution in [2.24, 2.45) is 5.92 Å². The van der Waals surface area contributed by atoms with Crippen molar-refractivity contribution in [1.29, 1.82) is 0 Å². The fourth-order valence-corrected chi connectivity index (χ4v) is 3.93. The molecule has 1 aliphatic heterocycles. The highest BCUT2D eigenvalue weighted by Gasteiger charge is 2.34. The fraction of sp³-hybridized carbons (Fsp3) is 0.435. The fourth-order valence-electron chi connectivity index (χ4n) is 3.93. The second-order valence-electron chi connectivity index (χ2n) is 7.66. The number of fused-ring (bicyclic) bond motifs is 1. The Balaban J connectivity index is 1.62. The van der Waals surface area contributed by atoms with Crippen molar-refractivity contribution in [3.8, 4) is 0 Å². The van der Waals surface area contributed by atoms with Crippen LogP contribution in [0, 0.1) is 5.92 Å². The maximum Gasteiger partial charge on any atom is 0.308 e. The van der Waals surface area contributed by atoms with Gasteiger partial charge in [-0.3, -0.25) is 14.4 Å². The van der Waals surface area contributed by atoms with E-state index in [1.165, 1.54) is 0 Å². The van der Waals surface area contributed by atoms with E-state index in [4.69, 9.17) is 0 Å². The first-order valence-corrected chi connectivity index (χ1v) is 10.3. The SMILES string of the molecule is CCCC(=O)N1CCCC1C(=O)NCC(Cc1ccc2ccccc2c1)C(=O)O. The lowest BCUT2D eigenvalue weighted by molar-refractivity contribution is -0.142. The monoisotopic (exact) mass is 396 g/mol. The van der Waals surface area contributed by atoms with Crippen molar-refractivity contribution in [2.45, 2.75) is 45.1 Å². The smallest absolute Gasteiger partial charge is 0.308 e. The number of carbonyl (C=O) groups excluding carboxylic acids is 2. The van der Waals surface area contributed by atoms with E-state index in [1.807, 2.05) is 49.4 Å². The molecule has 1 saturated heterocycles. The molecular weight excluding hydrogens is 368 g/mol. The summed E-state index contributed by atoms with van der Waals surface area (Å²) in [6.45, 7) is 2.58. The minimum atomic E-state index is -0.941. The molecule has 29 heavy (non-hydrogen) atoms. The van der Waals surface area contributed by atoms with E-state index in [2.05, 4.69) is 5.32 Å². The van der Waals surface area contributed by atoms with Crippen LogP contribution in [0.3, 0.4) is 0 Å². The van der Waals surface area contributed by atoms with Gasteiger partial charge in [0.15, 0.2) is 0 Å². The molecule has 2 aromatic rings. The van der Waals surface area contributed by atoms with Crippen LogP contribution >= 0.6 is 0 Å². The standard InChI is InChI=1S/C23H28N2O4/c1-2-6-21(26)25-12-5-9-20(25)22(27)24-15-19(23(28)29)14-16-10-11-17-7-3-4-8-18(17)13-16/h3-4,7-8,10-11,13,19-20H,2,5-6,9,12,14-15H2,1H3,(H,24,27)(H,28,29). The number of nitrogens with one attached hydrogen (secondary N) is 1. The van der Waals surface area contributed by atoms with Gasteiger partial charge in [0.1, 0.15) is 6.04 Å². The maximum absolute atomic E-state index is 12.6. The lowest BCUT2D eigenvalue weighted by atomic mass is 9.97. The highest BCUT2D eigenvalue weighted by molar-refractivity contribution is 5.88. The topological polar surface area (TPSA) is 86.7 Å². The first-order chi connectivity index (χ1) is 14.0. The molecule has 0 aromatic heterocycles. The Hall–Kier alpha value is -2.89. The quantitative estimate of drug-likeness (QED) is 0.718. The van der Waals surface area contributed by atoms with Gasteiger partial charge in [-0.05, 0) is 42.0 Å². The van der Waals surface area contributed by atoms with Crippen LogP contribution in [-0.4, -0.2) is 46.9 Å². The van der Waals surface area contributed by atoms with Crippen LogP contribution in [0.25, 0.3) is 10.8 Å². The molecular formula is C23H28N2O4. The summed E-state index contributed by atoms with van der Waals surface area (Å²) in [6.07, 6.45) is 2.94. The third kappa shape index (κ3) is 5.13. The Bertz CT molecular complexity index is 895. The number of rotatable bonds is 8. The molecule has 2 aromatic carbocycles. The van der Waals surface area contributed by atoms with Crippen LogP contribution in [0.15, 0.2) is 42.5 Å². The normalized spacial score (nSPS) is 17.3. The third-order valence-electron chi connectivity index (χ3n) is 5.51. The van der Waals surface area contributed by atoms with Gasteiger partial charge in [0.05, 0.1) is 5.92 Å². The van der Waals surface area contributed by atoms with Gasteiger partial charge in [-0.1, -0.05) is 49.4 Å². The molecule has 2 N–H and O–H groups in total. The highest BCUT2D eigenvalue weighted by Crippen LogP contribution is 2.20. The number of carboxylic acid groups (broad SMARTS) is 1. The van der Waals surface area contributed by atoms with Crippen LogP contribution in [0.1, 0.15) is 38.2 Å². The summed E-state index contributed by atoms with van der Waals surface area (Å²) in [5.74, 6) is -1.92. The predicted molar refractivity (Wildman–Crippen MR) is 111 cm³/mol. The van der Waals surface area contributed by atoms with E-state index in [1.54, 1.807) is 4.90 Å². The molecule has 6 heteroatoms. The molecule has 2 amide bonds. The van der Waals surface area contributed by atoms with Gasteiger partial charge >= 0.3 is 5.97 Å². The van der Waals surface area contributed by atoms with E-state index < -0.39 is 17.9 Å². The van der Waals surface area contributed by atoms with Crippen molar-refractivity contribution in [3.05, 3.63) is 48.0 Å². The zero-order valence-corrected chi connectivity index (χ0v) is 16.8. The molecule has 6 nitrogen and oxygen atoms in total. The summed E-state index contributed by atoms with van der Waals surface area (Å²) < 4.78 is 0. The molecule has 0 saturated carbocycles. The summed E-state index contributed by atoms with van der Waals surface area (Å²) in [4.78, 5) is 38.2. The maximum atomic E-state index is 12.6. The molecule has 1 fully saturated rings. The van der Waals surface area contributed by atoms with Crippen LogP contribution in [0.5, 0.6) is 0 Å². The predicted octanol–water partition coefficient (Wildman–Crippen LogP) is 2.99. The first kappa shape index (κ1) is 20.8. The van der Waals surface area contributed by atoms with Crippen molar-refractivity contribution in [3.63, 3.8) is 0 Å². The average Bonchev–Trinajstić information content (AvgIpc) is 3.21. The number of benzene rings is 2. The van der Waals surface area contributed by atoms with Crippen molar-refractivity contribution < 1.29 is 19.5 Å². The molecule has 2 atom stereocenters. The van der Waals surface area contributed by atoms with Crippen molar-refractivity contribution in [2.75, 3.05) is 13.1 Å². The van der Waals surface area contributed by atoms with E-state index in [9.17, 15) is 19.5 Å². The molecule has 2 unspecified atom stereocenters. The van der Waals surface area contributed by atoms with Crippen LogP contribution in [-0.2, 0) is 20.8 Å². The summed E-state index contributed by atoms with van der Waals surface area (Å²) >= 11 is 0. The number of hydrogen-bond acceptors (Lipinski definition) is 3. The number of likely N-dealkylation sites (tertiary alicyclic amines) is 1. The highest BCUT2D eigenvalue weighted by atomic mass is 16.4. The van der Waals surface area contributed by atoms with E-state index in [0.717, 1.165) is 29.2 Å². The molecule has 1 heterocycles. The Labute approximate surface area is 170 Å². The van der Waals surface area contributed by atoms with Gasteiger partial charge in [-0.2, -0.15) is 0 Å². The summed E-state index contributed by atoms with van der Waals surface area (Å²) in [6, 6.07) is 13.4. The van der Waals surface area contributed by atoms with Crippen LogP contribution < -0.4 is 5.32 Å². The second kappa shape index (κ2) is 9.54. The lowest BCUT2D eigenvalue weighted by Crippen LogP contribution is -2.47. The van der Waals surface area contributed by atoms with E-state index in [-0.39, 0.29) is 18.4 Å². The van der Waals surface area contributed by atoms with Gasteiger partial charge in [0.2, 0.25) is 11.8 Å². The summed E-state index contributed by atoms with van der Waals surface area (Å²) in [7, 11) is 0. The van der Waals surface area contributed by atoms with Gasteiger partial charge in [-0.25, -0.2) is 0 Å². The molecule has 0 aliphatic carbocycles. The number of nitrogens with zero attached hydrogens (tertiary/aromatic N) is 1. The minimum absolute atomic E-state index is 0.00361. The number of aliphatic carboxylic acids is 1. The number of carboxylic acids is 1. The molecule has 1 aliphatic rings. The molecule has 0 bridgehead atoms. The second-order valence-corrected chi connectivity index (χ2v) is 7.66. The average molecular weight is 396 g/mol. The third-order valence-corrected chi connectivity index (χ3v) is 5.51. The Kier molecular flexibility index (Phi) is 6.86. The lowest BCUT2D eigenvalue weighted by Gasteiger charge is -2.24. The summed E-state index contributed by atoms with van der Waals surface area (Å²) in [5.41, 5.74) is 0.922. The Morgan fingerprint density at radius 2 is 1.93 bits per heavy atom. The Morgan fingerprint density at radius 3 is 2.66 bits per heavy atom. The number of hydrogen-bond donors (Lipinski definition) is 2. The van der Waals surface area contributed by atoms with Gasteiger partial charge < -0.3 is 15.3 Å². The molecule has 0 radical (unpaired) electrons. The number of carbonyl (C=O) groups is 3. The van der Waals surface area contributed by atoms with Crippen molar-refractivity contribution >= 4 is 28.6 Å². The zero-order valence-electron chi connectivity index (χ0n) is 16.8. The Morgan fingerprint density at radius 1 is 1.17 bits per heavy atom. The number of amides is 2. The molecule has 3 rings (SSSR count). The van der Waals surface area contributed by atoms with E-state index >= 15 is 0 Å². The van der Waals surface area contributed by atoms with Crippen molar-refractivity contribution in [1.82, 2.24) is 10.2 Å².